The average Bonchev–Trinajstić information content (AvgIpc) is 2.83. The summed E-state index contributed by atoms with van der Waals surface area (Å²) in [7, 11) is 0. The summed E-state index contributed by atoms with van der Waals surface area (Å²) >= 11 is 5.93. The van der Waals surface area contributed by atoms with E-state index in [4.69, 9.17) is 16.0 Å². The lowest BCUT2D eigenvalue weighted by Crippen LogP contribution is -2.24. The van der Waals surface area contributed by atoms with E-state index in [2.05, 4.69) is 45.1 Å². The minimum absolute atomic E-state index is 0.164. The van der Waals surface area contributed by atoms with E-state index < -0.39 is 0 Å². The van der Waals surface area contributed by atoms with Crippen molar-refractivity contribution in [3.8, 4) is 0 Å². The molecular weight excluding hydrogens is 282 g/mol. The fourth-order valence-corrected chi connectivity index (χ4v) is 3.00. The first kappa shape index (κ1) is 16.1. The number of aryl methyl sites for hydroxylation is 3. The molecule has 0 aliphatic heterocycles. The van der Waals surface area contributed by atoms with E-state index in [0.29, 0.717) is 5.22 Å². The summed E-state index contributed by atoms with van der Waals surface area (Å²) in [4.78, 5) is 0. The Morgan fingerprint density at radius 3 is 2.33 bits per heavy atom. The summed E-state index contributed by atoms with van der Waals surface area (Å²) in [5.74, 6) is 0.910. The van der Waals surface area contributed by atoms with Crippen molar-refractivity contribution in [2.24, 2.45) is 0 Å². The Morgan fingerprint density at radius 2 is 1.81 bits per heavy atom. The summed E-state index contributed by atoms with van der Waals surface area (Å²) in [5.41, 5.74) is 5.39. The number of hydrogen-bond acceptors (Lipinski definition) is 2. The molecule has 1 aromatic heterocycles. The molecule has 0 bridgehead atoms. The molecule has 1 aromatic carbocycles. The quantitative estimate of drug-likeness (QED) is 0.799. The van der Waals surface area contributed by atoms with Gasteiger partial charge in [-0.2, -0.15) is 0 Å². The van der Waals surface area contributed by atoms with E-state index in [0.717, 1.165) is 25.1 Å². The Balaban J connectivity index is 2.27. The molecule has 1 unspecified atom stereocenters. The third-order valence-electron chi connectivity index (χ3n) is 3.83. The van der Waals surface area contributed by atoms with Crippen LogP contribution < -0.4 is 5.32 Å². The van der Waals surface area contributed by atoms with Crippen molar-refractivity contribution in [3.63, 3.8) is 0 Å². The molecule has 0 radical (unpaired) electrons. The van der Waals surface area contributed by atoms with Crippen LogP contribution in [0.1, 0.15) is 47.4 Å². The van der Waals surface area contributed by atoms with E-state index in [1.54, 1.807) is 0 Å². The Kier molecular flexibility index (Phi) is 5.49. The molecule has 21 heavy (non-hydrogen) atoms. The predicted molar refractivity (Wildman–Crippen MR) is 89.1 cm³/mol. The summed E-state index contributed by atoms with van der Waals surface area (Å²) < 4.78 is 5.62. The molecular formula is C18H24ClNO. The third-order valence-corrected chi connectivity index (χ3v) is 4.03. The number of rotatable bonds is 6. The molecule has 3 heteroatoms. The number of hydrogen-bond donors (Lipinski definition) is 1. The lowest BCUT2D eigenvalue weighted by Gasteiger charge is -2.19. The zero-order valence-electron chi connectivity index (χ0n) is 13.3. The van der Waals surface area contributed by atoms with Gasteiger partial charge in [-0.25, -0.2) is 0 Å². The first-order chi connectivity index (χ1) is 10.0. The van der Waals surface area contributed by atoms with Gasteiger partial charge in [0.1, 0.15) is 5.76 Å². The number of nitrogens with one attached hydrogen (secondary N) is 1. The zero-order valence-corrected chi connectivity index (χ0v) is 14.1. The van der Waals surface area contributed by atoms with Gasteiger partial charge in [-0.1, -0.05) is 24.6 Å². The van der Waals surface area contributed by atoms with Crippen molar-refractivity contribution < 1.29 is 4.42 Å². The predicted octanol–water partition coefficient (Wildman–Crippen LogP) is 5.14. The van der Waals surface area contributed by atoms with Gasteiger partial charge in [-0.05, 0) is 80.6 Å². The molecule has 0 fully saturated rings. The van der Waals surface area contributed by atoms with Gasteiger partial charge in [0.2, 0.25) is 0 Å². The molecule has 0 saturated heterocycles. The smallest absolute Gasteiger partial charge is 0.193 e. The Bertz CT molecular complexity index is 580. The van der Waals surface area contributed by atoms with Gasteiger partial charge in [0.05, 0.1) is 6.04 Å². The van der Waals surface area contributed by atoms with Crippen molar-refractivity contribution in [2.45, 2.75) is 46.6 Å². The fourth-order valence-electron chi connectivity index (χ4n) is 2.84. The van der Waals surface area contributed by atoms with Gasteiger partial charge in [0, 0.05) is 0 Å². The zero-order chi connectivity index (χ0) is 15.4. The Labute approximate surface area is 132 Å². The average molecular weight is 306 g/mol. The third kappa shape index (κ3) is 4.12. The SMILES string of the molecule is CCCNC(Cc1c(C)cc(C)cc1C)c1ccc(Cl)o1. The Morgan fingerprint density at radius 1 is 1.14 bits per heavy atom. The second-order valence-electron chi connectivity index (χ2n) is 5.73. The highest BCUT2D eigenvalue weighted by atomic mass is 35.5. The van der Waals surface area contributed by atoms with Crippen LogP contribution in [0, 0.1) is 20.8 Å². The van der Waals surface area contributed by atoms with Crippen LogP contribution in [0.3, 0.4) is 0 Å². The number of halogens is 1. The highest BCUT2D eigenvalue weighted by molar-refractivity contribution is 6.28. The molecule has 1 heterocycles. The normalized spacial score (nSPS) is 12.6. The minimum atomic E-state index is 0.164. The molecule has 114 valence electrons. The van der Waals surface area contributed by atoms with Gasteiger partial charge < -0.3 is 9.73 Å². The van der Waals surface area contributed by atoms with Crippen LogP contribution in [0.4, 0.5) is 0 Å². The van der Waals surface area contributed by atoms with E-state index in [-0.39, 0.29) is 6.04 Å². The van der Waals surface area contributed by atoms with Gasteiger partial charge in [0.25, 0.3) is 0 Å². The first-order valence-corrected chi connectivity index (χ1v) is 7.94. The molecule has 0 aliphatic rings. The second-order valence-corrected chi connectivity index (χ2v) is 6.10. The van der Waals surface area contributed by atoms with Crippen LogP contribution in [0.2, 0.25) is 5.22 Å². The van der Waals surface area contributed by atoms with Crippen molar-refractivity contribution in [3.05, 3.63) is 57.5 Å². The van der Waals surface area contributed by atoms with Crippen molar-refractivity contribution in [1.82, 2.24) is 5.32 Å². The lowest BCUT2D eigenvalue weighted by molar-refractivity contribution is 0.411. The molecule has 0 aliphatic carbocycles. The molecule has 0 amide bonds. The van der Waals surface area contributed by atoms with E-state index >= 15 is 0 Å². The van der Waals surface area contributed by atoms with Crippen LogP contribution >= 0.6 is 11.6 Å². The van der Waals surface area contributed by atoms with Crippen LogP contribution in [0.15, 0.2) is 28.7 Å². The van der Waals surface area contributed by atoms with Gasteiger partial charge in [-0.3, -0.25) is 0 Å². The maximum absolute atomic E-state index is 5.93. The topological polar surface area (TPSA) is 25.2 Å². The maximum Gasteiger partial charge on any atom is 0.193 e. The van der Waals surface area contributed by atoms with Crippen molar-refractivity contribution in [1.29, 1.82) is 0 Å². The van der Waals surface area contributed by atoms with Gasteiger partial charge >= 0.3 is 0 Å². The molecule has 0 spiro atoms. The summed E-state index contributed by atoms with van der Waals surface area (Å²) in [6, 6.07) is 8.43. The minimum Gasteiger partial charge on any atom is -0.448 e. The van der Waals surface area contributed by atoms with Crippen LogP contribution in [-0.2, 0) is 6.42 Å². The largest absolute Gasteiger partial charge is 0.448 e. The van der Waals surface area contributed by atoms with Gasteiger partial charge in [-0.15, -0.1) is 0 Å². The fraction of sp³-hybridized carbons (Fsp3) is 0.444. The summed E-state index contributed by atoms with van der Waals surface area (Å²) in [6.07, 6.45) is 2.01. The van der Waals surface area contributed by atoms with Crippen LogP contribution in [0.5, 0.6) is 0 Å². The molecule has 2 nitrogen and oxygen atoms in total. The second kappa shape index (κ2) is 7.15. The monoisotopic (exact) mass is 305 g/mol. The molecule has 0 saturated carbocycles. The highest BCUT2D eigenvalue weighted by Gasteiger charge is 2.17. The first-order valence-electron chi connectivity index (χ1n) is 7.56. The summed E-state index contributed by atoms with van der Waals surface area (Å²) in [6.45, 7) is 9.64. The van der Waals surface area contributed by atoms with Crippen LogP contribution in [-0.4, -0.2) is 6.54 Å². The number of benzene rings is 1. The van der Waals surface area contributed by atoms with Crippen molar-refractivity contribution >= 4 is 11.6 Å². The summed E-state index contributed by atoms with van der Waals surface area (Å²) in [5, 5.41) is 4.01. The van der Waals surface area contributed by atoms with Crippen LogP contribution in [0.25, 0.3) is 0 Å². The molecule has 2 aromatic rings. The molecule has 2 rings (SSSR count). The van der Waals surface area contributed by atoms with Gasteiger partial charge in [0.15, 0.2) is 5.22 Å². The molecule has 1 N–H and O–H groups in total. The van der Waals surface area contributed by atoms with Crippen molar-refractivity contribution in [2.75, 3.05) is 6.54 Å². The number of furan rings is 1. The standard InChI is InChI=1S/C18H24ClNO/c1-5-8-20-16(17-6-7-18(19)21-17)11-15-13(3)9-12(2)10-14(15)4/h6-7,9-10,16,20H,5,8,11H2,1-4H3. The van der Waals surface area contributed by atoms with E-state index in [1.165, 1.54) is 22.3 Å². The van der Waals surface area contributed by atoms with E-state index in [1.807, 2.05) is 12.1 Å². The van der Waals surface area contributed by atoms with E-state index in [9.17, 15) is 0 Å². The maximum atomic E-state index is 5.93. The highest BCUT2D eigenvalue weighted by Crippen LogP contribution is 2.26. The lowest BCUT2D eigenvalue weighted by atomic mass is 9.93. The Hall–Kier alpha value is -1.25. The molecule has 1 atom stereocenters.